The number of aryl methyl sites for hydroxylation is 2. The number of carbonyl (C=O) groups excluding carboxylic acids is 1. The molecule has 0 atom stereocenters. The standard InChI is InChI=1S/C19H19ClN4O4/c1-11-8-12(2)24(22-11)10-14-5-7-17(27-14)19(25)28-23-18(21)15-9-13(20)4-6-16(15)26-3/h4-9H,10H2,1-3H3,(H2,21,23). The van der Waals surface area contributed by atoms with Crippen molar-refractivity contribution >= 4 is 23.4 Å². The van der Waals surface area contributed by atoms with Gasteiger partial charge in [-0.25, -0.2) is 4.79 Å². The minimum atomic E-state index is -0.774. The molecule has 3 rings (SSSR count). The zero-order valence-corrected chi connectivity index (χ0v) is 16.4. The Bertz CT molecular complexity index is 1040. The maximum atomic E-state index is 12.2. The quantitative estimate of drug-likeness (QED) is 0.293. The lowest BCUT2D eigenvalue weighted by Crippen LogP contribution is -2.16. The Balaban J connectivity index is 1.70. The predicted octanol–water partition coefficient (Wildman–Crippen LogP) is 3.28. The van der Waals surface area contributed by atoms with E-state index < -0.39 is 5.97 Å². The van der Waals surface area contributed by atoms with E-state index in [9.17, 15) is 4.79 Å². The maximum absolute atomic E-state index is 12.2. The van der Waals surface area contributed by atoms with Gasteiger partial charge in [0.05, 0.1) is 24.9 Å². The molecule has 9 heteroatoms. The number of carbonyl (C=O) groups is 1. The van der Waals surface area contributed by atoms with Crippen LogP contribution in [0.15, 0.2) is 46.0 Å². The van der Waals surface area contributed by atoms with Crippen LogP contribution in [0.1, 0.15) is 33.3 Å². The molecule has 28 heavy (non-hydrogen) atoms. The van der Waals surface area contributed by atoms with Crippen LogP contribution >= 0.6 is 11.6 Å². The van der Waals surface area contributed by atoms with E-state index in [0.717, 1.165) is 11.4 Å². The molecule has 0 spiro atoms. The summed E-state index contributed by atoms with van der Waals surface area (Å²) in [6.07, 6.45) is 0. The van der Waals surface area contributed by atoms with Crippen LogP contribution in [0.25, 0.3) is 0 Å². The Labute approximate surface area is 166 Å². The lowest BCUT2D eigenvalue weighted by atomic mass is 10.2. The lowest BCUT2D eigenvalue weighted by Gasteiger charge is -2.07. The number of oxime groups is 1. The van der Waals surface area contributed by atoms with Crippen LogP contribution in [0.4, 0.5) is 0 Å². The highest BCUT2D eigenvalue weighted by Crippen LogP contribution is 2.22. The first-order valence-corrected chi connectivity index (χ1v) is 8.73. The van der Waals surface area contributed by atoms with E-state index in [2.05, 4.69) is 10.3 Å². The first-order valence-electron chi connectivity index (χ1n) is 8.36. The fraction of sp³-hybridized carbons (Fsp3) is 0.211. The van der Waals surface area contributed by atoms with Crippen molar-refractivity contribution in [2.75, 3.05) is 7.11 Å². The third-order valence-corrected chi connectivity index (χ3v) is 4.17. The Morgan fingerprint density at radius 1 is 1.29 bits per heavy atom. The Kier molecular flexibility index (Phi) is 5.70. The molecule has 2 aromatic heterocycles. The van der Waals surface area contributed by atoms with Crippen LogP contribution in [-0.4, -0.2) is 28.7 Å². The second-order valence-corrected chi connectivity index (χ2v) is 6.49. The van der Waals surface area contributed by atoms with Crippen molar-refractivity contribution in [2.24, 2.45) is 10.9 Å². The average molecular weight is 403 g/mol. The molecule has 8 nitrogen and oxygen atoms in total. The molecule has 0 aliphatic heterocycles. The number of hydrogen-bond acceptors (Lipinski definition) is 6. The minimum Gasteiger partial charge on any atom is -0.496 e. The summed E-state index contributed by atoms with van der Waals surface area (Å²) >= 11 is 5.96. The van der Waals surface area contributed by atoms with Crippen LogP contribution in [0.3, 0.4) is 0 Å². The largest absolute Gasteiger partial charge is 0.496 e. The summed E-state index contributed by atoms with van der Waals surface area (Å²) in [7, 11) is 1.49. The van der Waals surface area contributed by atoms with Crippen LogP contribution in [0.5, 0.6) is 5.75 Å². The van der Waals surface area contributed by atoms with Crippen LogP contribution in [0, 0.1) is 13.8 Å². The summed E-state index contributed by atoms with van der Waals surface area (Å²) in [6, 6.07) is 10.00. The molecule has 0 radical (unpaired) electrons. The lowest BCUT2D eigenvalue weighted by molar-refractivity contribution is 0.0477. The third-order valence-electron chi connectivity index (χ3n) is 3.94. The van der Waals surface area contributed by atoms with Gasteiger partial charge in [-0.05, 0) is 50.2 Å². The molecule has 2 N–H and O–H groups in total. The Morgan fingerprint density at radius 3 is 2.75 bits per heavy atom. The fourth-order valence-corrected chi connectivity index (χ4v) is 2.79. The molecule has 0 amide bonds. The van der Waals surface area contributed by atoms with Crippen LogP contribution in [-0.2, 0) is 11.4 Å². The molecule has 0 saturated heterocycles. The third kappa shape index (κ3) is 4.34. The van der Waals surface area contributed by atoms with Crippen LogP contribution < -0.4 is 10.5 Å². The van der Waals surface area contributed by atoms with Gasteiger partial charge < -0.3 is 19.7 Å². The zero-order valence-electron chi connectivity index (χ0n) is 15.6. The monoisotopic (exact) mass is 402 g/mol. The van der Waals surface area contributed by atoms with Gasteiger partial charge in [0.1, 0.15) is 11.5 Å². The number of rotatable bonds is 6. The predicted molar refractivity (Wildman–Crippen MR) is 104 cm³/mol. The van der Waals surface area contributed by atoms with Gasteiger partial charge in [0.25, 0.3) is 0 Å². The van der Waals surface area contributed by atoms with Gasteiger partial charge in [-0.15, -0.1) is 0 Å². The van der Waals surface area contributed by atoms with Gasteiger partial charge in [0, 0.05) is 10.7 Å². The highest BCUT2D eigenvalue weighted by atomic mass is 35.5. The molecule has 0 aliphatic rings. The number of ether oxygens (including phenoxy) is 1. The van der Waals surface area contributed by atoms with Crippen molar-refractivity contribution in [2.45, 2.75) is 20.4 Å². The number of aromatic nitrogens is 2. The summed E-state index contributed by atoms with van der Waals surface area (Å²) in [5.74, 6) is 0.190. The van der Waals surface area contributed by atoms with Gasteiger partial charge in [-0.1, -0.05) is 16.8 Å². The molecule has 0 aliphatic carbocycles. The van der Waals surface area contributed by atoms with Gasteiger partial charge in [0.2, 0.25) is 5.76 Å². The number of nitrogens with two attached hydrogens (primary N) is 1. The van der Waals surface area contributed by atoms with Crippen molar-refractivity contribution in [1.29, 1.82) is 0 Å². The summed E-state index contributed by atoms with van der Waals surface area (Å²) in [5, 5.41) is 8.46. The first kappa shape index (κ1) is 19.5. The van der Waals surface area contributed by atoms with E-state index in [4.69, 9.17) is 31.3 Å². The Hall–Kier alpha value is -3.26. The number of furan rings is 1. The molecule has 146 valence electrons. The summed E-state index contributed by atoms with van der Waals surface area (Å²) < 4.78 is 12.5. The molecule has 1 aromatic carbocycles. The van der Waals surface area contributed by atoms with E-state index in [1.807, 2.05) is 19.9 Å². The highest BCUT2D eigenvalue weighted by Gasteiger charge is 2.16. The second-order valence-electron chi connectivity index (χ2n) is 6.05. The topological polar surface area (TPSA) is 105 Å². The van der Waals surface area contributed by atoms with E-state index in [0.29, 0.717) is 28.6 Å². The van der Waals surface area contributed by atoms with Gasteiger partial charge in [-0.3, -0.25) is 4.68 Å². The normalized spacial score (nSPS) is 11.5. The second kappa shape index (κ2) is 8.18. The van der Waals surface area contributed by atoms with Gasteiger partial charge in [0.15, 0.2) is 5.84 Å². The molecular weight excluding hydrogens is 384 g/mol. The summed E-state index contributed by atoms with van der Waals surface area (Å²) in [5.41, 5.74) is 8.19. The SMILES string of the molecule is COc1ccc(Cl)cc1/C(N)=N/OC(=O)c1ccc(Cn2nc(C)cc2C)o1. The first-order chi connectivity index (χ1) is 13.4. The minimum absolute atomic E-state index is 0.00569. The molecular formula is C19H19ClN4O4. The number of amidine groups is 1. The van der Waals surface area contributed by atoms with E-state index in [-0.39, 0.29) is 11.6 Å². The molecule has 0 bridgehead atoms. The number of benzene rings is 1. The summed E-state index contributed by atoms with van der Waals surface area (Å²) in [4.78, 5) is 17.1. The van der Waals surface area contributed by atoms with Crippen LogP contribution in [0.2, 0.25) is 5.02 Å². The van der Waals surface area contributed by atoms with Gasteiger partial charge >= 0.3 is 5.97 Å². The highest BCUT2D eigenvalue weighted by molar-refractivity contribution is 6.31. The smallest absolute Gasteiger partial charge is 0.400 e. The van der Waals surface area contributed by atoms with E-state index >= 15 is 0 Å². The van der Waals surface area contributed by atoms with Crippen molar-refractivity contribution in [3.8, 4) is 5.75 Å². The van der Waals surface area contributed by atoms with E-state index in [1.54, 1.807) is 28.9 Å². The van der Waals surface area contributed by atoms with Crippen molar-refractivity contribution in [3.63, 3.8) is 0 Å². The van der Waals surface area contributed by atoms with E-state index in [1.165, 1.54) is 13.2 Å². The van der Waals surface area contributed by atoms with Gasteiger partial charge in [-0.2, -0.15) is 5.10 Å². The molecule has 0 fully saturated rings. The molecule has 3 aromatic rings. The van der Waals surface area contributed by atoms with Crippen molar-refractivity contribution in [1.82, 2.24) is 9.78 Å². The zero-order chi connectivity index (χ0) is 20.3. The number of methoxy groups -OCH3 is 1. The Morgan fingerprint density at radius 2 is 2.07 bits per heavy atom. The average Bonchev–Trinajstić information content (AvgIpc) is 3.25. The number of hydrogen-bond donors (Lipinski definition) is 1. The fourth-order valence-electron chi connectivity index (χ4n) is 2.62. The molecule has 0 saturated carbocycles. The molecule has 2 heterocycles. The number of nitrogens with zero attached hydrogens (tertiary/aromatic N) is 3. The maximum Gasteiger partial charge on any atom is 0.400 e. The van der Waals surface area contributed by atoms with Crippen molar-refractivity contribution < 1.29 is 18.8 Å². The molecule has 0 unspecified atom stereocenters. The van der Waals surface area contributed by atoms with Crippen molar-refractivity contribution in [3.05, 3.63) is 69.9 Å². The number of halogens is 1. The summed E-state index contributed by atoms with van der Waals surface area (Å²) in [6.45, 7) is 4.25.